The van der Waals surface area contributed by atoms with Gasteiger partial charge in [-0.3, -0.25) is 0 Å². The van der Waals surface area contributed by atoms with Crippen molar-refractivity contribution in [2.75, 3.05) is 6.67 Å². The van der Waals surface area contributed by atoms with Crippen LogP contribution in [0.4, 0.5) is 4.39 Å². The average Bonchev–Trinajstić information content (AvgIpc) is 2.56. The van der Waals surface area contributed by atoms with Crippen LogP contribution in [0, 0.1) is 13.8 Å². The Labute approximate surface area is 87.9 Å². The van der Waals surface area contributed by atoms with Crippen molar-refractivity contribution in [3.63, 3.8) is 0 Å². The fourth-order valence-corrected chi connectivity index (χ4v) is 0.994. The topological polar surface area (TPSA) is 4.93 Å². The molecule has 1 heterocycles. The Morgan fingerprint density at radius 2 is 1.64 bits per heavy atom. The van der Waals surface area contributed by atoms with E-state index in [2.05, 4.69) is 0 Å². The van der Waals surface area contributed by atoms with E-state index in [4.69, 9.17) is 0 Å². The average molecular weight is 201 g/mol. The standard InChI is InChI=1S/C8H12FN.2C2H6/c1-7-3-5-10(6-4-9)8(7)2;2*1-2/h3,5H,4,6H2,1-2H3;2*1-2H3. The molecule has 0 saturated heterocycles. The van der Waals surface area contributed by atoms with Crippen LogP contribution < -0.4 is 0 Å². The summed E-state index contributed by atoms with van der Waals surface area (Å²) in [5.41, 5.74) is 2.39. The lowest BCUT2D eigenvalue weighted by molar-refractivity contribution is 0.443. The molecule has 0 aromatic carbocycles. The van der Waals surface area contributed by atoms with Crippen LogP contribution in [0.1, 0.15) is 39.0 Å². The molecule has 1 aromatic rings. The second-order valence-corrected chi connectivity index (χ2v) is 2.47. The molecular weight excluding hydrogens is 177 g/mol. The first-order valence-electron chi connectivity index (χ1n) is 5.44. The Morgan fingerprint density at radius 3 is 1.93 bits per heavy atom. The summed E-state index contributed by atoms with van der Waals surface area (Å²) >= 11 is 0. The molecule has 1 aromatic heterocycles. The third-order valence-corrected chi connectivity index (χ3v) is 1.83. The number of rotatable bonds is 2. The molecule has 84 valence electrons. The highest BCUT2D eigenvalue weighted by atomic mass is 19.1. The lowest BCUT2D eigenvalue weighted by Gasteiger charge is -2.01. The molecule has 0 aliphatic heterocycles. The molecule has 14 heavy (non-hydrogen) atoms. The van der Waals surface area contributed by atoms with Gasteiger partial charge in [0.15, 0.2) is 0 Å². The van der Waals surface area contributed by atoms with Gasteiger partial charge in [-0.25, -0.2) is 4.39 Å². The summed E-state index contributed by atoms with van der Waals surface area (Å²) in [6.07, 6.45) is 1.92. The molecule has 0 amide bonds. The molecule has 0 unspecified atom stereocenters. The normalized spacial score (nSPS) is 8.21. The number of aryl methyl sites for hydroxylation is 2. The smallest absolute Gasteiger partial charge is 0.107 e. The highest BCUT2D eigenvalue weighted by Gasteiger charge is 1.97. The van der Waals surface area contributed by atoms with Gasteiger partial charge in [0.05, 0.1) is 6.54 Å². The third-order valence-electron chi connectivity index (χ3n) is 1.83. The number of hydrogen-bond acceptors (Lipinski definition) is 0. The molecule has 0 radical (unpaired) electrons. The number of hydrogen-bond donors (Lipinski definition) is 0. The minimum atomic E-state index is -0.283. The Balaban J connectivity index is 0. The predicted octanol–water partition coefficient (Wildman–Crippen LogP) is 4.13. The summed E-state index contributed by atoms with van der Waals surface area (Å²) in [6, 6.07) is 2.00. The van der Waals surface area contributed by atoms with Crippen LogP contribution in [-0.2, 0) is 6.54 Å². The van der Waals surface area contributed by atoms with Gasteiger partial charge in [0.1, 0.15) is 6.67 Å². The Bertz CT molecular complexity index is 216. The molecule has 2 heteroatoms. The fraction of sp³-hybridized carbons (Fsp3) is 0.667. The van der Waals surface area contributed by atoms with E-state index in [9.17, 15) is 4.39 Å². The van der Waals surface area contributed by atoms with E-state index in [1.807, 2.05) is 58.4 Å². The first kappa shape index (κ1) is 15.7. The van der Waals surface area contributed by atoms with E-state index < -0.39 is 0 Å². The van der Waals surface area contributed by atoms with E-state index in [1.54, 1.807) is 0 Å². The largest absolute Gasteiger partial charge is 0.349 e. The molecule has 1 rings (SSSR count). The zero-order chi connectivity index (χ0) is 11.6. The van der Waals surface area contributed by atoms with Crippen LogP contribution in [0.3, 0.4) is 0 Å². The first-order valence-corrected chi connectivity index (χ1v) is 5.44. The van der Waals surface area contributed by atoms with Crippen molar-refractivity contribution < 1.29 is 4.39 Å². The molecule has 0 aliphatic rings. The van der Waals surface area contributed by atoms with E-state index in [0.717, 1.165) is 5.69 Å². The van der Waals surface area contributed by atoms with Gasteiger partial charge in [-0.05, 0) is 25.5 Å². The Kier molecular flexibility index (Phi) is 11.5. The SMILES string of the molecule is CC.CC.Cc1ccn(CCF)c1C. The minimum absolute atomic E-state index is 0.283. The highest BCUT2D eigenvalue weighted by Crippen LogP contribution is 2.07. The third kappa shape index (κ3) is 5.05. The lowest BCUT2D eigenvalue weighted by Crippen LogP contribution is -1.99. The van der Waals surface area contributed by atoms with Crippen molar-refractivity contribution >= 4 is 0 Å². The summed E-state index contributed by atoms with van der Waals surface area (Å²) in [4.78, 5) is 0. The maximum absolute atomic E-state index is 11.8. The molecule has 0 N–H and O–H groups in total. The van der Waals surface area contributed by atoms with Crippen molar-refractivity contribution in [2.45, 2.75) is 48.1 Å². The van der Waals surface area contributed by atoms with E-state index in [-0.39, 0.29) is 6.67 Å². The fourth-order valence-electron chi connectivity index (χ4n) is 0.994. The Morgan fingerprint density at radius 1 is 1.14 bits per heavy atom. The van der Waals surface area contributed by atoms with Crippen molar-refractivity contribution in [3.05, 3.63) is 23.5 Å². The van der Waals surface area contributed by atoms with Gasteiger partial charge in [-0.15, -0.1) is 0 Å². The lowest BCUT2D eigenvalue weighted by atomic mass is 10.3. The maximum atomic E-state index is 11.8. The van der Waals surface area contributed by atoms with Crippen LogP contribution in [0.5, 0.6) is 0 Å². The molecule has 1 nitrogen and oxygen atoms in total. The van der Waals surface area contributed by atoms with Crippen molar-refractivity contribution in [3.8, 4) is 0 Å². The first-order chi connectivity index (χ1) is 6.75. The van der Waals surface area contributed by atoms with Crippen LogP contribution in [0.2, 0.25) is 0 Å². The predicted molar refractivity (Wildman–Crippen MR) is 62.6 cm³/mol. The molecule has 0 spiro atoms. The summed E-state index contributed by atoms with van der Waals surface area (Å²) in [5.74, 6) is 0. The van der Waals surface area contributed by atoms with Crippen molar-refractivity contribution in [1.82, 2.24) is 4.57 Å². The van der Waals surface area contributed by atoms with Crippen LogP contribution in [0.25, 0.3) is 0 Å². The summed E-state index contributed by atoms with van der Waals surface area (Å²) in [5, 5.41) is 0. The monoisotopic (exact) mass is 201 g/mol. The second kappa shape index (κ2) is 10.3. The molecule has 0 fully saturated rings. The van der Waals surface area contributed by atoms with Crippen molar-refractivity contribution in [1.29, 1.82) is 0 Å². The van der Waals surface area contributed by atoms with Crippen molar-refractivity contribution in [2.24, 2.45) is 0 Å². The van der Waals surface area contributed by atoms with Gasteiger partial charge in [0, 0.05) is 11.9 Å². The van der Waals surface area contributed by atoms with Crippen LogP contribution in [-0.4, -0.2) is 11.2 Å². The van der Waals surface area contributed by atoms with Gasteiger partial charge in [-0.1, -0.05) is 27.7 Å². The quantitative estimate of drug-likeness (QED) is 0.678. The van der Waals surface area contributed by atoms with E-state index >= 15 is 0 Å². The van der Waals surface area contributed by atoms with E-state index in [1.165, 1.54) is 5.56 Å². The van der Waals surface area contributed by atoms with E-state index in [0.29, 0.717) is 6.54 Å². The molecule has 0 atom stereocenters. The number of halogens is 1. The molecule has 0 saturated carbocycles. The number of alkyl halides is 1. The van der Waals surface area contributed by atoms with Gasteiger partial charge in [0.2, 0.25) is 0 Å². The number of nitrogens with zero attached hydrogens (tertiary/aromatic N) is 1. The maximum Gasteiger partial charge on any atom is 0.107 e. The summed E-state index contributed by atoms with van der Waals surface area (Å²) in [7, 11) is 0. The summed E-state index contributed by atoms with van der Waals surface area (Å²) in [6.45, 7) is 12.2. The molecule has 0 aliphatic carbocycles. The zero-order valence-electron chi connectivity index (χ0n) is 10.4. The van der Waals surface area contributed by atoms with Gasteiger partial charge < -0.3 is 4.57 Å². The minimum Gasteiger partial charge on any atom is -0.349 e. The number of aromatic nitrogens is 1. The van der Waals surface area contributed by atoms with Crippen LogP contribution >= 0.6 is 0 Å². The second-order valence-electron chi connectivity index (χ2n) is 2.47. The molecular formula is C12H24FN. The van der Waals surface area contributed by atoms with Gasteiger partial charge >= 0.3 is 0 Å². The van der Waals surface area contributed by atoms with Gasteiger partial charge in [-0.2, -0.15) is 0 Å². The Hall–Kier alpha value is -0.790. The molecule has 0 bridgehead atoms. The summed E-state index contributed by atoms with van der Waals surface area (Å²) < 4.78 is 13.8. The highest BCUT2D eigenvalue weighted by molar-refractivity contribution is 5.18. The zero-order valence-corrected chi connectivity index (χ0v) is 10.4. The van der Waals surface area contributed by atoms with Gasteiger partial charge in [0.25, 0.3) is 0 Å². The van der Waals surface area contributed by atoms with Crippen LogP contribution in [0.15, 0.2) is 12.3 Å².